The van der Waals surface area contributed by atoms with Crippen molar-refractivity contribution in [1.29, 1.82) is 0 Å². The minimum absolute atomic E-state index is 0.00965. The van der Waals surface area contributed by atoms with E-state index in [-0.39, 0.29) is 49.3 Å². The summed E-state index contributed by atoms with van der Waals surface area (Å²) in [4.78, 5) is 0. The van der Waals surface area contributed by atoms with Crippen molar-refractivity contribution in [3.63, 3.8) is 0 Å². The van der Waals surface area contributed by atoms with Gasteiger partial charge in [-0.3, -0.25) is 0 Å². The Hall–Kier alpha value is -8.28. The van der Waals surface area contributed by atoms with Crippen molar-refractivity contribution in [3.8, 4) is 0 Å². The van der Waals surface area contributed by atoms with Crippen LogP contribution in [0.3, 0.4) is 0 Å². The molecular weight excluding hydrogens is 1040 g/mol. The molecule has 13 aromatic rings. The molecule has 13 rings (SSSR count). The first-order valence-corrected chi connectivity index (χ1v) is 28.6. The van der Waals surface area contributed by atoms with Crippen LogP contribution < -0.4 is 0 Å². The Morgan fingerprint density at radius 2 is 0.568 bits per heavy atom. The van der Waals surface area contributed by atoms with E-state index in [1.807, 2.05) is 9.13 Å². The van der Waals surface area contributed by atoms with Gasteiger partial charge in [-0.2, -0.15) is 0 Å². The molecule has 0 aliphatic rings. The Labute approximate surface area is 460 Å². The Bertz CT molecular complexity index is 4460. The average Bonchev–Trinajstić information content (AvgIpc) is 4.54. The van der Waals surface area contributed by atoms with Crippen LogP contribution in [-0.4, -0.2) is 58.2 Å². The first-order valence-electron chi connectivity index (χ1n) is 28.6. The average molecular weight is 1100 g/mol. The predicted octanol–water partition coefficient (Wildman–Crippen LogP) is 16.9. The number of hydrogen-bond acceptors (Lipinski definition) is 6. The molecule has 81 heavy (non-hydrogen) atoms. The van der Waals surface area contributed by atoms with Crippen molar-refractivity contribution in [2.45, 2.75) is 130 Å². The van der Waals surface area contributed by atoms with Crippen molar-refractivity contribution < 1.29 is 26.3 Å². The summed E-state index contributed by atoms with van der Waals surface area (Å²) < 4.78 is 109. The Morgan fingerprint density at radius 3 is 0.926 bits per heavy atom. The first-order chi connectivity index (χ1) is 39.5. The molecule has 18 heteroatoms. The van der Waals surface area contributed by atoms with Gasteiger partial charge in [0.05, 0.1) is 51.7 Å². The van der Waals surface area contributed by atoms with Gasteiger partial charge in [-0.05, 0) is 67.4 Å². The van der Waals surface area contributed by atoms with Gasteiger partial charge < -0.3 is 13.7 Å². The zero-order valence-corrected chi connectivity index (χ0v) is 45.5. The van der Waals surface area contributed by atoms with E-state index in [9.17, 15) is 0 Å². The van der Waals surface area contributed by atoms with Gasteiger partial charge in [0.25, 0.3) is 0 Å². The van der Waals surface area contributed by atoms with E-state index in [0.29, 0.717) is 78.5 Å². The molecule has 12 nitrogen and oxygen atoms in total. The highest BCUT2D eigenvalue weighted by Crippen LogP contribution is 2.38. The van der Waals surface area contributed by atoms with Crippen LogP contribution in [0.25, 0.3) is 115 Å². The maximum Gasteiger partial charge on any atom is 0.151 e. The third-order valence-corrected chi connectivity index (χ3v) is 16.7. The number of benzene rings is 6. The van der Waals surface area contributed by atoms with Crippen molar-refractivity contribution in [2.75, 3.05) is 0 Å². The molecule has 18 bridgehead atoms. The maximum absolute atomic E-state index is 16.9. The Kier molecular flexibility index (Phi) is 13.7. The number of hydrogen-bond donors (Lipinski definition) is 0. The van der Waals surface area contributed by atoms with E-state index in [1.165, 1.54) is 120 Å². The fourth-order valence-corrected chi connectivity index (χ4v) is 12.4. The van der Waals surface area contributed by atoms with Gasteiger partial charge in [-0.25, -0.2) is 39.9 Å². The van der Waals surface area contributed by atoms with Gasteiger partial charge in [0.15, 0.2) is 17.5 Å². The molecule has 0 atom stereocenters. The van der Waals surface area contributed by atoms with Crippen LogP contribution in [0.15, 0.2) is 91.4 Å². The van der Waals surface area contributed by atoms with Gasteiger partial charge in [0.2, 0.25) is 0 Å². The van der Waals surface area contributed by atoms with E-state index in [1.54, 1.807) is 48.0 Å². The monoisotopic (exact) mass is 1100 g/mol. The van der Waals surface area contributed by atoms with E-state index in [4.69, 9.17) is 0 Å². The van der Waals surface area contributed by atoms with Crippen molar-refractivity contribution in [1.82, 2.24) is 58.2 Å². The summed E-state index contributed by atoms with van der Waals surface area (Å²) in [5.74, 6) is -3.75. The lowest BCUT2D eigenvalue weighted by atomic mass is 10.1. The van der Waals surface area contributed by atoms with E-state index < -0.39 is 34.9 Å². The fraction of sp³-hybridized carbons (Fsp3) is 0.333. The minimum Gasteiger partial charge on any atom is -0.343 e. The molecule has 0 aliphatic carbocycles. The summed E-state index contributed by atoms with van der Waals surface area (Å²) in [6, 6.07) is 18.2. The second-order valence-corrected chi connectivity index (χ2v) is 22.0. The molecule has 0 aliphatic heterocycles. The lowest BCUT2D eigenvalue weighted by molar-refractivity contribution is 0.552. The van der Waals surface area contributed by atoms with Crippen molar-refractivity contribution in [2.24, 2.45) is 7.05 Å². The first kappa shape index (κ1) is 52.1. The van der Waals surface area contributed by atoms with Crippen LogP contribution in [0.1, 0.15) is 117 Å². The molecule has 0 N–H and O–H groups in total. The molecule has 0 amide bonds. The number of aromatic nitrogens is 12. The number of aryl methyl sites for hydroxylation is 3. The summed E-state index contributed by atoms with van der Waals surface area (Å²) in [6.45, 7) is 5.40. The van der Waals surface area contributed by atoms with Crippen LogP contribution in [0, 0.1) is 34.9 Å². The largest absolute Gasteiger partial charge is 0.343 e. The number of unbranched alkanes of at least 4 members (excludes halogenated alkanes) is 14. The molecule has 0 saturated heterocycles. The van der Waals surface area contributed by atoms with E-state index in [2.05, 4.69) is 44.8 Å². The second-order valence-electron chi connectivity index (χ2n) is 22.0. The summed E-state index contributed by atoms with van der Waals surface area (Å²) in [6.07, 6.45) is 21.7. The SMILES string of the molecule is CCCCCCCCCCn1c2cc(F)c3cc2c2cc(c(F)cc21)n1cc(nn1)c1cc2c4cc(c(F)cc4n(CCCCCCCCCC)c2cc1F)n1cc(nn1)c1cc2c4cc(c(F)cc4n(C)c2cc1F)n1cc3nn1. The molecule has 0 unspecified atom stereocenters. The highest BCUT2D eigenvalue weighted by molar-refractivity contribution is 6.14. The molecule has 414 valence electrons. The molecular formula is C63H60F6N12. The predicted molar refractivity (Wildman–Crippen MR) is 310 cm³/mol. The number of nitrogens with zero attached hydrogens (tertiary/aromatic N) is 12. The minimum atomic E-state index is -0.655. The lowest BCUT2D eigenvalue weighted by Crippen LogP contribution is -1.99. The maximum atomic E-state index is 16.9. The van der Waals surface area contributed by atoms with Gasteiger partial charge in [-0.15, -0.1) is 15.3 Å². The topological polar surface area (TPSA) is 105 Å². The van der Waals surface area contributed by atoms with Crippen molar-refractivity contribution >= 4 is 115 Å². The van der Waals surface area contributed by atoms with Crippen LogP contribution in [0.2, 0.25) is 0 Å². The Morgan fingerprint density at radius 1 is 0.296 bits per heavy atom. The standard InChI is InChI=1S/C63H60F6N12/c1-4-6-8-10-12-14-16-18-20-77-57-29-47(65)44-23-38(57)42-27-63(51(69)33-60(42)77)81-36-54(72-75-81)45-24-39-41-26-62(50(68)32-59(41)78(58(39)30-48(45)66)21-19-17-15-13-11-9-7-5-2)80-34-52(70-74-80)43-22-37-40-25-61(79-35-53(44)71-73-79)49(67)31-56(40)76(3)55(37)28-46(43)64/h22-36H,4-21H2,1-3H3. The van der Waals surface area contributed by atoms with Crippen LogP contribution in [0.4, 0.5) is 26.3 Å². The van der Waals surface area contributed by atoms with Gasteiger partial charge in [-0.1, -0.05) is 119 Å². The quantitative estimate of drug-likeness (QED) is 0.0626. The normalized spacial score (nSPS) is 12.4. The lowest BCUT2D eigenvalue weighted by Gasteiger charge is -2.08. The fourth-order valence-electron chi connectivity index (χ4n) is 12.4. The van der Waals surface area contributed by atoms with Crippen LogP contribution in [0.5, 0.6) is 0 Å². The molecule has 0 saturated carbocycles. The summed E-state index contributed by atoms with van der Waals surface area (Å²) in [5, 5.41) is 29.8. The van der Waals surface area contributed by atoms with E-state index >= 15 is 26.3 Å². The van der Waals surface area contributed by atoms with Gasteiger partial charge in [0, 0.05) is 86.8 Å². The molecule has 7 heterocycles. The molecule has 0 radical (unpaired) electrons. The summed E-state index contributed by atoms with van der Waals surface area (Å²) in [5.41, 5.74) is 3.54. The van der Waals surface area contributed by atoms with Crippen molar-refractivity contribution in [3.05, 3.63) is 126 Å². The second kappa shape index (κ2) is 21.3. The number of halogens is 6. The zero-order chi connectivity index (χ0) is 55.6. The smallest absolute Gasteiger partial charge is 0.151 e. The third-order valence-electron chi connectivity index (χ3n) is 16.7. The number of rotatable bonds is 18. The highest BCUT2D eigenvalue weighted by Gasteiger charge is 2.21. The van der Waals surface area contributed by atoms with Crippen LogP contribution >= 0.6 is 0 Å². The molecule has 7 aromatic heterocycles. The summed E-state index contributed by atoms with van der Waals surface area (Å²) in [7, 11) is 1.71. The number of fused-ring (bicyclic) bond motifs is 18. The summed E-state index contributed by atoms with van der Waals surface area (Å²) >= 11 is 0. The highest BCUT2D eigenvalue weighted by atomic mass is 19.1. The molecule has 6 aromatic carbocycles. The molecule has 0 fully saturated rings. The molecule has 0 spiro atoms. The van der Waals surface area contributed by atoms with Gasteiger partial charge >= 0.3 is 0 Å². The van der Waals surface area contributed by atoms with Crippen LogP contribution in [-0.2, 0) is 20.1 Å². The Balaban J connectivity index is 1.05. The van der Waals surface area contributed by atoms with Gasteiger partial charge in [0.1, 0.15) is 50.6 Å². The third kappa shape index (κ3) is 9.19. The van der Waals surface area contributed by atoms with E-state index in [0.717, 1.165) is 51.4 Å². The zero-order valence-electron chi connectivity index (χ0n) is 45.5.